The van der Waals surface area contributed by atoms with Crippen LogP contribution in [0.15, 0.2) is 50.7 Å². The average molecular weight is 599 g/mol. The summed E-state index contributed by atoms with van der Waals surface area (Å²) in [5.74, 6) is -3.42. The molecule has 0 amide bonds. The zero-order chi connectivity index (χ0) is 28.5. The number of fused-ring (bicyclic) bond motifs is 2. The molecular weight excluding hydrogens is 576 g/mol. The molecule has 4 rings (SSSR count). The van der Waals surface area contributed by atoms with Crippen molar-refractivity contribution in [3.63, 3.8) is 0 Å². The largest absolute Gasteiger partial charge is 0.748 e. The van der Waals surface area contributed by atoms with Gasteiger partial charge in [-0.15, -0.1) is 0 Å². The third kappa shape index (κ3) is 7.03. The first-order chi connectivity index (χ1) is 18.2. The first kappa shape index (κ1) is 28.7. The van der Waals surface area contributed by atoms with Gasteiger partial charge in [0.15, 0.2) is 17.3 Å². The Bertz CT molecular complexity index is 1710. The lowest BCUT2D eigenvalue weighted by Gasteiger charge is -2.15. The van der Waals surface area contributed by atoms with Crippen molar-refractivity contribution in [2.24, 2.45) is 0 Å². The van der Waals surface area contributed by atoms with E-state index < -0.39 is 43.7 Å². The van der Waals surface area contributed by atoms with Crippen molar-refractivity contribution in [1.82, 2.24) is 0 Å². The number of rotatable bonds is 11. The fourth-order valence-electron chi connectivity index (χ4n) is 4.18. The third-order valence-electron chi connectivity index (χ3n) is 5.90. The van der Waals surface area contributed by atoms with Crippen LogP contribution in [0.1, 0.15) is 39.4 Å². The van der Waals surface area contributed by atoms with E-state index in [2.05, 4.69) is 0 Å². The van der Waals surface area contributed by atoms with Crippen molar-refractivity contribution in [2.45, 2.75) is 24.3 Å². The van der Waals surface area contributed by atoms with E-state index in [0.717, 1.165) is 0 Å². The van der Waals surface area contributed by atoms with Crippen LogP contribution in [0.3, 0.4) is 0 Å². The van der Waals surface area contributed by atoms with Crippen molar-refractivity contribution in [3.8, 4) is 0 Å². The minimum Gasteiger partial charge on any atom is -0.748 e. The predicted octanol–water partition coefficient (Wildman–Crippen LogP) is 0.608. The van der Waals surface area contributed by atoms with E-state index >= 15 is 0 Å². The number of carbonyl (C=O) groups is 2. The molecule has 13 nitrogen and oxygen atoms in total. The number of thioether (sulfide) groups is 1. The lowest BCUT2D eigenvalue weighted by Crippen LogP contribution is -3.03. The minimum atomic E-state index is -4.50. The zero-order valence-electron chi connectivity index (χ0n) is 20.0. The summed E-state index contributed by atoms with van der Waals surface area (Å²) in [7, 11) is -8.98. The molecule has 208 valence electrons. The Hall–Kier alpha value is -3.28. The van der Waals surface area contributed by atoms with Gasteiger partial charge in [-0.3, -0.25) is 4.90 Å². The fraction of sp³-hybridized carbons (Fsp3) is 0.261. The van der Waals surface area contributed by atoms with Gasteiger partial charge >= 0.3 is 17.8 Å². The number of quaternary nitrogens is 1. The Morgan fingerprint density at radius 2 is 1.56 bits per heavy atom. The van der Waals surface area contributed by atoms with Crippen molar-refractivity contribution in [1.29, 1.82) is 0 Å². The molecule has 0 bridgehead atoms. The number of hydrogen-bond acceptors (Lipinski definition) is 10. The first-order valence-electron chi connectivity index (χ1n) is 11.4. The van der Waals surface area contributed by atoms with Crippen LogP contribution in [0.25, 0.3) is 17.2 Å². The Morgan fingerprint density at radius 3 is 2.21 bits per heavy atom. The molecule has 0 saturated heterocycles. The maximum atomic E-state index is 11.5. The number of oxazole rings is 1. The smallest absolute Gasteiger partial charge is 0.380 e. The summed E-state index contributed by atoms with van der Waals surface area (Å²) in [5, 5.41) is 19.4. The predicted molar refractivity (Wildman–Crippen MR) is 134 cm³/mol. The number of carboxylic acids is 2. The second-order valence-corrected chi connectivity index (χ2v) is 12.8. The highest BCUT2D eigenvalue weighted by Gasteiger charge is 2.34. The Labute approximate surface area is 226 Å². The van der Waals surface area contributed by atoms with Crippen LogP contribution in [-0.4, -0.2) is 66.1 Å². The highest BCUT2D eigenvalue weighted by molar-refractivity contribution is 8.03. The van der Waals surface area contributed by atoms with E-state index in [1.54, 1.807) is 12.1 Å². The Kier molecular flexibility index (Phi) is 8.15. The van der Waals surface area contributed by atoms with E-state index in [1.807, 2.05) is 0 Å². The zero-order valence-corrected chi connectivity index (χ0v) is 22.5. The van der Waals surface area contributed by atoms with E-state index in [1.165, 1.54) is 46.7 Å². The fourth-order valence-corrected chi connectivity index (χ4v) is 6.33. The topological polar surface area (TPSA) is 210 Å². The molecule has 0 fully saturated rings. The monoisotopic (exact) mass is 598 g/mol. The maximum Gasteiger partial charge on any atom is 0.380 e. The number of nitrogens with one attached hydrogen (secondary N) is 1. The summed E-state index contributed by atoms with van der Waals surface area (Å²) < 4.78 is 74.5. The Morgan fingerprint density at radius 1 is 0.949 bits per heavy atom. The lowest BCUT2D eigenvalue weighted by atomic mass is 10.2. The average Bonchev–Trinajstić information content (AvgIpc) is 3.34. The van der Waals surface area contributed by atoms with E-state index in [9.17, 15) is 45.7 Å². The van der Waals surface area contributed by atoms with Gasteiger partial charge in [-0.1, -0.05) is 0 Å². The van der Waals surface area contributed by atoms with Crippen molar-refractivity contribution < 1.29 is 59.6 Å². The van der Waals surface area contributed by atoms with Gasteiger partial charge in [-0.2, -0.15) is 4.57 Å². The van der Waals surface area contributed by atoms with E-state index in [0.29, 0.717) is 31.6 Å². The molecule has 3 aromatic rings. The molecule has 1 aromatic heterocycles. The van der Waals surface area contributed by atoms with Gasteiger partial charge in [0.05, 0.1) is 42.8 Å². The van der Waals surface area contributed by atoms with Crippen LogP contribution >= 0.6 is 11.8 Å². The number of hydrogen-bond donors (Lipinski definition) is 3. The molecule has 2 heterocycles. The molecule has 0 aliphatic carbocycles. The molecule has 0 radical (unpaired) electrons. The van der Waals surface area contributed by atoms with Gasteiger partial charge in [-0.25, -0.2) is 26.4 Å². The highest BCUT2D eigenvalue weighted by Crippen LogP contribution is 2.37. The molecule has 3 N–H and O–H groups in total. The standard InChI is InChI=1S/C23H22N2O11S3/c26-22(27)14-3-5-18-16(11-14)24(7-1-9-38(30,31)32)20(36-18)13-21-25(8-2-10-39(33,34)35)17-12-15(23(28)29)4-6-19(17)37-21/h3-6,11-13H,1-2,7-10H2,(H3-,26,27,28,29,30,31,32,33,34,35). The van der Waals surface area contributed by atoms with E-state index in [4.69, 9.17) is 4.42 Å². The van der Waals surface area contributed by atoms with Crippen LogP contribution in [0.2, 0.25) is 0 Å². The number of aryl methyl sites for hydroxylation is 1. The molecule has 0 spiro atoms. The molecule has 0 saturated carbocycles. The van der Waals surface area contributed by atoms with Crippen LogP contribution in [0, 0.1) is 0 Å². The lowest BCUT2D eigenvalue weighted by molar-refractivity contribution is -0.779. The molecule has 1 atom stereocenters. The number of benzene rings is 2. The number of nitrogens with zero attached hydrogens (tertiary/aromatic N) is 1. The SMILES string of the molecule is O=C(O)c1ccc2c(c1)[NH+](CCCS(=O)(=O)[O-])C(=Cc1oc3ccc(C(=O)O)cc3[n+]1CCCS(=O)(=O)[O-])S2. The molecule has 2 aromatic carbocycles. The summed E-state index contributed by atoms with van der Waals surface area (Å²) in [5.41, 5.74) is 1.18. The second kappa shape index (κ2) is 11.1. The molecule has 16 heteroatoms. The van der Waals surface area contributed by atoms with Crippen molar-refractivity contribution in [3.05, 3.63) is 58.4 Å². The summed E-state index contributed by atoms with van der Waals surface area (Å²) in [6.07, 6.45) is 1.50. The van der Waals surface area contributed by atoms with Crippen molar-refractivity contribution in [2.75, 3.05) is 18.1 Å². The molecule has 1 unspecified atom stereocenters. The summed E-state index contributed by atoms with van der Waals surface area (Å²) in [6.45, 7) is 0.134. The van der Waals surface area contributed by atoms with Crippen LogP contribution < -0.4 is 9.47 Å². The number of aromatic nitrogens is 1. The van der Waals surface area contributed by atoms with Gasteiger partial charge in [0.25, 0.3) is 5.52 Å². The normalized spacial score (nSPS) is 16.6. The number of aromatic carboxylic acids is 2. The van der Waals surface area contributed by atoms with Crippen LogP contribution in [0.4, 0.5) is 5.69 Å². The molecule has 39 heavy (non-hydrogen) atoms. The maximum absolute atomic E-state index is 11.5. The van der Waals surface area contributed by atoms with Crippen LogP contribution in [0.5, 0.6) is 0 Å². The van der Waals surface area contributed by atoms with Gasteiger partial charge in [0.2, 0.25) is 5.58 Å². The van der Waals surface area contributed by atoms with E-state index in [-0.39, 0.29) is 42.9 Å². The quantitative estimate of drug-likeness (QED) is 0.205. The van der Waals surface area contributed by atoms with Crippen molar-refractivity contribution >= 4 is 66.8 Å². The first-order valence-corrected chi connectivity index (χ1v) is 15.4. The third-order valence-corrected chi connectivity index (χ3v) is 8.64. The minimum absolute atomic E-state index is 0.00118. The molecule has 1 aliphatic rings. The second-order valence-electron chi connectivity index (χ2n) is 8.67. The molecular formula is C23H22N2O11S3. The Balaban J connectivity index is 1.79. The van der Waals surface area contributed by atoms with Gasteiger partial charge < -0.3 is 23.7 Å². The summed E-state index contributed by atoms with van der Waals surface area (Å²) in [6, 6.07) is 8.63. The highest BCUT2D eigenvalue weighted by atomic mass is 32.2. The van der Waals surface area contributed by atoms with Crippen LogP contribution in [-0.2, 0) is 26.8 Å². The van der Waals surface area contributed by atoms with Gasteiger partial charge in [0.1, 0.15) is 6.08 Å². The number of carboxylic acid groups (broad SMARTS) is 2. The molecule has 1 aliphatic heterocycles. The summed E-state index contributed by atoms with van der Waals surface area (Å²) in [4.78, 5) is 24.3. The van der Waals surface area contributed by atoms with Gasteiger partial charge in [0, 0.05) is 36.5 Å². The van der Waals surface area contributed by atoms with Gasteiger partial charge in [-0.05, 0) is 36.0 Å². The summed E-state index contributed by atoms with van der Waals surface area (Å²) >= 11 is 1.26.